The van der Waals surface area contributed by atoms with Gasteiger partial charge in [0.1, 0.15) is 84.6 Å². The van der Waals surface area contributed by atoms with Crippen molar-refractivity contribution in [2.24, 2.45) is 52.5 Å². The van der Waals surface area contributed by atoms with E-state index in [0.717, 1.165) is 11.1 Å². The monoisotopic (exact) mass is 1760 g/mol. The van der Waals surface area contributed by atoms with Gasteiger partial charge in [-0.15, -0.1) is 0 Å². The van der Waals surface area contributed by atoms with E-state index in [9.17, 15) is 86.6 Å². The first-order chi connectivity index (χ1) is 58.2. The summed E-state index contributed by atoms with van der Waals surface area (Å²) in [4.78, 5) is 236. The Morgan fingerprint density at radius 2 is 0.992 bits per heavy atom. The van der Waals surface area contributed by atoms with Gasteiger partial charge in [-0.2, -0.15) is 23.5 Å². The molecule has 0 aliphatic carbocycles. The number of primary amides is 1. The Morgan fingerprint density at radius 3 is 1.51 bits per heavy atom. The van der Waals surface area contributed by atoms with Crippen LogP contribution < -0.4 is 108 Å². The molecule has 1 aliphatic rings. The highest BCUT2D eigenvalue weighted by molar-refractivity contribution is 7.98. The third kappa shape index (κ3) is 39.6. The zero-order valence-electron chi connectivity index (χ0n) is 73.2. The van der Waals surface area contributed by atoms with Crippen molar-refractivity contribution < 1.29 is 86.6 Å². The van der Waals surface area contributed by atoms with Crippen molar-refractivity contribution in [3.8, 4) is 0 Å². The molecule has 38 nitrogen and oxygen atoms in total. The Bertz CT molecular complexity index is 3830. The van der Waals surface area contributed by atoms with E-state index >= 15 is 0 Å². The molecule has 17 amide bonds. The maximum absolute atomic E-state index is 15.0. The maximum atomic E-state index is 15.0. The Balaban J connectivity index is 1.90. The fraction of sp³-hybridized carbons (Fsp3) is 0.651. The fourth-order valence-electron chi connectivity index (χ4n) is 12.7. The minimum Gasteiger partial charge on any atom is -0.394 e. The van der Waals surface area contributed by atoms with Gasteiger partial charge in [0.25, 0.3) is 0 Å². The fourth-order valence-corrected chi connectivity index (χ4v) is 14.7. The first-order valence-electron chi connectivity index (χ1n) is 42.2. The largest absolute Gasteiger partial charge is 0.394 e. The van der Waals surface area contributed by atoms with Crippen molar-refractivity contribution in [1.82, 2.24) is 85.1 Å². The average Bonchev–Trinajstić information content (AvgIpc) is 0.848. The van der Waals surface area contributed by atoms with Gasteiger partial charge >= 0.3 is 0 Å². The number of unbranched alkanes of at least 4 members (excludes halogenated alkanes) is 3. The van der Waals surface area contributed by atoms with Crippen LogP contribution in [0.3, 0.4) is 0 Å². The normalized spacial score (nSPS) is 18.7. The third-order valence-electron chi connectivity index (χ3n) is 20.2. The topological polar surface area (TPSA) is 607 Å². The molecule has 0 aromatic heterocycles. The van der Waals surface area contributed by atoms with Crippen LogP contribution in [0.4, 0.5) is 0 Å². The van der Waals surface area contributed by atoms with Crippen LogP contribution in [0.2, 0.25) is 0 Å². The van der Waals surface area contributed by atoms with Crippen LogP contribution in [0, 0.1) is 29.6 Å². The quantitative estimate of drug-likeness (QED) is 0.0303. The number of aliphatic hydroxyl groups is 1. The molecule has 688 valence electrons. The van der Waals surface area contributed by atoms with Crippen LogP contribution in [-0.2, 0) is 99.4 Å². The smallest absolute Gasteiger partial charge is 0.245 e. The van der Waals surface area contributed by atoms with Gasteiger partial charge in [-0.1, -0.05) is 130 Å². The van der Waals surface area contributed by atoms with Gasteiger partial charge in [-0.25, -0.2) is 0 Å². The molecule has 3 rings (SSSR count). The van der Waals surface area contributed by atoms with Crippen LogP contribution in [0.1, 0.15) is 177 Å². The predicted octanol–water partition coefficient (Wildman–Crippen LogP) is -2.59. The van der Waals surface area contributed by atoms with Gasteiger partial charge in [-0.3, -0.25) is 81.5 Å². The highest BCUT2D eigenvalue weighted by Gasteiger charge is 2.39. The van der Waals surface area contributed by atoms with Gasteiger partial charge in [0, 0.05) is 36.4 Å². The maximum Gasteiger partial charge on any atom is 0.245 e. The molecule has 2 bridgehead atoms. The molecule has 0 radical (unpaired) electrons. The van der Waals surface area contributed by atoms with Crippen LogP contribution in [-0.4, -0.2) is 241 Å². The van der Waals surface area contributed by atoms with Crippen molar-refractivity contribution in [2.45, 2.75) is 263 Å². The second-order valence-electron chi connectivity index (χ2n) is 32.4. The summed E-state index contributed by atoms with van der Waals surface area (Å²) in [7, 11) is 0. The number of carbonyl (C=O) groups is 17. The molecular weight excluding hydrogens is 1630 g/mol. The zero-order valence-corrected chi connectivity index (χ0v) is 74.9. The molecule has 123 heavy (non-hydrogen) atoms. The summed E-state index contributed by atoms with van der Waals surface area (Å²) >= 11 is 2.56. The molecule has 15 atom stereocenters. The molecule has 0 spiro atoms. The number of benzene rings is 2. The summed E-state index contributed by atoms with van der Waals surface area (Å²) < 4.78 is 0. The number of amides is 17. The van der Waals surface area contributed by atoms with Crippen LogP contribution in [0.5, 0.6) is 0 Å². The van der Waals surface area contributed by atoms with E-state index in [1.165, 1.54) is 44.3 Å². The Labute approximate surface area is 729 Å². The lowest BCUT2D eigenvalue weighted by atomic mass is 9.95. The number of rotatable bonds is 46. The molecule has 2 aromatic carbocycles. The summed E-state index contributed by atoms with van der Waals surface area (Å²) in [6.07, 6.45) is 2.86. The number of carbonyl (C=O) groups excluding carboxylic acids is 17. The van der Waals surface area contributed by atoms with Gasteiger partial charge in [0.2, 0.25) is 100 Å². The number of fused-ring (bicyclic) bond motifs is 2. The van der Waals surface area contributed by atoms with Gasteiger partial charge in [-0.05, 0) is 144 Å². The lowest BCUT2D eigenvalue weighted by Gasteiger charge is -2.30. The van der Waals surface area contributed by atoms with Crippen molar-refractivity contribution in [1.29, 1.82) is 0 Å². The second-order valence-corrected chi connectivity index (χ2v) is 34.4. The van der Waals surface area contributed by atoms with E-state index in [-0.39, 0.29) is 74.9 Å². The van der Waals surface area contributed by atoms with E-state index < -0.39 is 228 Å². The lowest BCUT2D eigenvalue weighted by molar-refractivity contribution is -0.137. The summed E-state index contributed by atoms with van der Waals surface area (Å²) in [6, 6.07) is -2.56. The molecule has 1 heterocycles. The minimum atomic E-state index is -1.72. The molecule has 0 unspecified atom stereocenters. The summed E-state index contributed by atoms with van der Waals surface area (Å²) in [5.74, 6) is -15.4. The van der Waals surface area contributed by atoms with E-state index in [2.05, 4.69) is 85.1 Å². The molecule has 2 aromatic rings. The standard InChI is InChI=1S/C83H136N20O18S2/c1-14-49(10)69(83(121)96-56(29-18-21-32-84)73(111)89-39-65(107)92-59(70(87)108)35-45(2)3)103-82(120)68(48(8)9)102-77(115)61(40-104)98-71(109)50(11)91-80(118)66(46(4)5)101-75(113)58(31-20-23-34-86)94-74(112)57(30-19-22-33-85)95-79(117)63-44-123-42-55-28-24-27-54(36-55)41-122-43-62(93-64(106)38-88-52(13)105)78(116)97-60(37-53-25-16-15-17-26-53)76(114)90-51(12)72(110)100-67(47(6)7)81(119)99-63/h15-17,24-28,36,45-51,56-63,66-69,104H,14,18-23,29-35,37-44,84-86H2,1-13H3,(H2,87,108)(H,88,105)(H,89,111)(H,90,114)(H,91,118)(H,92,107)(H,93,106)(H,94,112)(H,95,117)(H,96,121)(H,97,116)(H,98,109)(H,99,119)(H,100,110)(H,101,113)(H,102,115)(H,103,120)/t49-,50-,51-,56-,57-,58-,59-,60-,61-,62-,63-,66-,67-,68-,69-/m0/s1. The first-order valence-corrected chi connectivity index (χ1v) is 44.5. The average molecular weight is 1770 g/mol. The number of nitrogens with one attached hydrogen (secondary N) is 16. The molecule has 0 fully saturated rings. The SMILES string of the molecule is CC[C@H](C)[C@H](NC(=O)[C@@H](NC(=O)[C@H](CO)NC(=O)[C@H](C)NC(=O)[C@@H](NC(=O)[C@H](CCCCN)NC(=O)[C@H](CCCCN)NC(=O)[C@@H]1CSCc2cccc(c2)CSC[C@H](NC(=O)CNC(C)=O)C(=O)N[C@@H](Cc2ccccc2)C(=O)N[C@@H](C)C(=O)N[C@@H](C(C)C)C(=O)N1)C(C)C)C(C)C)C(=O)N[C@@H](CCCCN)C(=O)NCC(=O)N[C@@H](CC(C)C)C(N)=O. The van der Waals surface area contributed by atoms with E-state index in [1.54, 1.807) is 85.7 Å². The summed E-state index contributed by atoms with van der Waals surface area (Å²) in [6.45, 7) is 19.4. The van der Waals surface area contributed by atoms with Gasteiger partial charge in [0.15, 0.2) is 0 Å². The number of hydrogen-bond acceptors (Lipinski definition) is 23. The third-order valence-corrected chi connectivity index (χ3v) is 22.4. The minimum absolute atomic E-state index is 0.00736. The van der Waals surface area contributed by atoms with Gasteiger partial charge in [0.05, 0.1) is 19.7 Å². The van der Waals surface area contributed by atoms with E-state index in [1.807, 2.05) is 38.1 Å². The molecule has 0 saturated heterocycles. The van der Waals surface area contributed by atoms with Crippen molar-refractivity contribution in [2.75, 3.05) is 50.8 Å². The van der Waals surface area contributed by atoms with E-state index in [4.69, 9.17) is 22.9 Å². The van der Waals surface area contributed by atoms with Gasteiger partial charge < -0.3 is 113 Å². The van der Waals surface area contributed by atoms with E-state index in [0.29, 0.717) is 56.3 Å². The molecule has 0 saturated carbocycles. The first kappa shape index (κ1) is 107. The molecule has 1 aliphatic heterocycles. The van der Waals surface area contributed by atoms with Crippen LogP contribution in [0.15, 0.2) is 54.6 Å². The highest BCUT2D eigenvalue weighted by Crippen LogP contribution is 2.22. The van der Waals surface area contributed by atoms with Crippen molar-refractivity contribution >= 4 is 124 Å². The van der Waals surface area contributed by atoms with Crippen LogP contribution in [0.25, 0.3) is 0 Å². The Hall–Kier alpha value is -10.0. The van der Waals surface area contributed by atoms with Crippen molar-refractivity contribution in [3.05, 3.63) is 71.3 Å². The Kier molecular flexibility index (Phi) is 49.4. The predicted molar refractivity (Wildman–Crippen MR) is 467 cm³/mol. The van der Waals surface area contributed by atoms with Crippen LogP contribution >= 0.6 is 23.5 Å². The summed E-state index contributed by atoms with van der Waals surface area (Å²) in [5.41, 5.74) is 25.3. The second kappa shape index (κ2) is 56.7. The Morgan fingerprint density at radius 1 is 0.496 bits per heavy atom. The van der Waals surface area contributed by atoms with Crippen molar-refractivity contribution in [3.63, 3.8) is 0 Å². The number of hydrogen-bond donors (Lipinski definition) is 21. The summed E-state index contributed by atoms with van der Waals surface area (Å²) in [5, 5.41) is 52.6. The molecular formula is C83H136N20O18S2. The molecule has 40 heteroatoms. The number of nitrogens with two attached hydrogens (primary N) is 4. The molecule has 25 N–H and O–H groups in total. The number of thioether (sulfide) groups is 2. The zero-order chi connectivity index (χ0) is 92.2. The lowest BCUT2D eigenvalue weighted by Crippen LogP contribution is -2.62. The number of aliphatic hydroxyl groups excluding tert-OH is 1. The highest BCUT2D eigenvalue weighted by atomic mass is 32.2.